The van der Waals surface area contributed by atoms with Gasteiger partial charge < -0.3 is 19.1 Å². The summed E-state index contributed by atoms with van der Waals surface area (Å²) in [5.74, 6) is 2.04. The number of nitrogens with zero attached hydrogens (tertiary/aromatic N) is 4. The van der Waals surface area contributed by atoms with E-state index < -0.39 is 0 Å². The summed E-state index contributed by atoms with van der Waals surface area (Å²) in [5, 5.41) is 2.21. The van der Waals surface area contributed by atoms with E-state index in [1.165, 1.54) is 33.4 Å². The Bertz CT molecular complexity index is 3130. The van der Waals surface area contributed by atoms with Crippen molar-refractivity contribution in [3.63, 3.8) is 0 Å². The van der Waals surface area contributed by atoms with Gasteiger partial charge >= 0.3 is 0 Å². The van der Waals surface area contributed by atoms with Gasteiger partial charge in [0, 0.05) is 60.8 Å². The van der Waals surface area contributed by atoms with Crippen LogP contribution in [0.4, 0.5) is 11.4 Å². The van der Waals surface area contributed by atoms with Gasteiger partial charge in [0.15, 0.2) is 0 Å². The van der Waals surface area contributed by atoms with Crippen molar-refractivity contribution in [1.29, 1.82) is 0 Å². The molecule has 66 heavy (non-hydrogen) atoms. The second-order valence-corrected chi connectivity index (χ2v) is 19.2. The number of fused-ring (bicyclic) bond motifs is 3. The Morgan fingerprint density at radius 1 is 0.500 bits per heavy atom. The summed E-state index contributed by atoms with van der Waals surface area (Å²) in [4.78, 5) is 9.20. The number of rotatable bonds is 10. The molecule has 1 aliphatic heterocycles. The van der Waals surface area contributed by atoms with Crippen molar-refractivity contribution < 1.29 is 25.8 Å². The zero-order valence-electron chi connectivity index (χ0n) is 38.5. The zero-order valence-corrected chi connectivity index (χ0v) is 40.8. The molecule has 0 aliphatic carbocycles. The van der Waals surface area contributed by atoms with Crippen LogP contribution in [0.1, 0.15) is 76.3 Å². The van der Waals surface area contributed by atoms with Gasteiger partial charge in [-0.05, 0) is 92.5 Å². The minimum Gasteiger partial charge on any atom is -0.509 e. The Morgan fingerprint density at radius 2 is 1.12 bits per heavy atom. The summed E-state index contributed by atoms with van der Waals surface area (Å²) >= 11 is 0. The summed E-state index contributed by atoms with van der Waals surface area (Å²) in [6.45, 7) is 18.1. The molecule has 0 spiro atoms. The van der Waals surface area contributed by atoms with Crippen LogP contribution in [0.5, 0.6) is 11.5 Å². The molecule has 0 amide bonds. The third-order valence-corrected chi connectivity index (χ3v) is 13.1. The SMILES string of the molecule is CC(C)(C)c1ccnc(-n2c3[c-]c(Oc4[c-]c(N5C=CN(c6cc(C(C)(C)c7ccccc7)cc(C(C)(C)c7ccccc7)c6)[CH-]5)ccc4)ccc3c3cc(-c4ccccc4)ccc32)c1.[Pt]. The maximum Gasteiger partial charge on any atom is 0.135 e. The van der Waals surface area contributed by atoms with Crippen LogP contribution < -0.4 is 14.5 Å². The van der Waals surface area contributed by atoms with Gasteiger partial charge in [-0.25, -0.2) is 4.98 Å². The molecule has 0 saturated heterocycles. The van der Waals surface area contributed by atoms with Gasteiger partial charge in [-0.1, -0.05) is 163 Å². The second-order valence-electron chi connectivity index (χ2n) is 19.2. The maximum absolute atomic E-state index is 6.62. The van der Waals surface area contributed by atoms with Crippen molar-refractivity contribution in [3.05, 3.63) is 235 Å². The predicted molar refractivity (Wildman–Crippen MR) is 269 cm³/mol. The Balaban J connectivity index is 0.00000548. The molecule has 5 nitrogen and oxygen atoms in total. The van der Waals surface area contributed by atoms with Crippen molar-refractivity contribution in [2.45, 2.75) is 64.7 Å². The van der Waals surface area contributed by atoms with E-state index in [0.717, 1.165) is 44.6 Å². The van der Waals surface area contributed by atoms with Crippen LogP contribution >= 0.6 is 0 Å². The molecule has 9 aromatic rings. The predicted octanol–water partition coefficient (Wildman–Crippen LogP) is 15.1. The van der Waals surface area contributed by atoms with Crippen LogP contribution in [0.3, 0.4) is 0 Å². The van der Waals surface area contributed by atoms with Crippen LogP contribution in [0.15, 0.2) is 188 Å². The first-order valence-electron chi connectivity index (χ1n) is 22.4. The Kier molecular flexibility index (Phi) is 11.9. The zero-order chi connectivity index (χ0) is 44.9. The monoisotopic (exact) mass is 1040 g/mol. The van der Waals surface area contributed by atoms with E-state index in [4.69, 9.17) is 9.72 Å². The van der Waals surface area contributed by atoms with Gasteiger partial charge in [0.25, 0.3) is 0 Å². The van der Waals surface area contributed by atoms with Crippen LogP contribution in [0.2, 0.25) is 0 Å². The number of anilines is 2. The quantitative estimate of drug-likeness (QED) is 0.128. The molecule has 0 bridgehead atoms. The molecule has 0 unspecified atom stereocenters. The van der Waals surface area contributed by atoms with Crippen LogP contribution in [0.25, 0.3) is 38.8 Å². The van der Waals surface area contributed by atoms with Gasteiger partial charge in [0.05, 0.1) is 0 Å². The molecule has 10 rings (SSSR count). The fraction of sp³-hybridized carbons (Fsp3) is 0.167. The average Bonchev–Trinajstić information content (AvgIpc) is 3.96. The Labute approximate surface area is 404 Å². The second kappa shape index (κ2) is 17.6. The van der Waals surface area contributed by atoms with Crippen LogP contribution in [0, 0.1) is 18.8 Å². The molecule has 0 N–H and O–H groups in total. The normalized spacial score (nSPS) is 13.1. The van der Waals surface area contributed by atoms with E-state index >= 15 is 0 Å². The number of benzene rings is 7. The number of ether oxygens (including phenoxy) is 1. The smallest absolute Gasteiger partial charge is 0.135 e. The molecule has 6 heteroatoms. The Hall–Kier alpha value is -6.68. The van der Waals surface area contributed by atoms with Crippen LogP contribution in [-0.2, 0) is 37.3 Å². The van der Waals surface area contributed by atoms with E-state index in [1.54, 1.807) is 0 Å². The maximum atomic E-state index is 6.62. The number of hydrogen-bond donors (Lipinski definition) is 0. The first kappa shape index (κ1) is 44.5. The molecule has 2 aromatic heterocycles. The summed E-state index contributed by atoms with van der Waals surface area (Å²) in [5.41, 5.74) is 12.0. The fourth-order valence-corrected chi connectivity index (χ4v) is 8.98. The van der Waals surface area contributed by atoms with Crippen molar-refractivity contribution in [3.8, 4) is 28.4 Å². The van der Waals surface area contributed by atoms with Gasteiger partial charge in [-0.2, -0.15) is 12.1 Å². The van der Waals surface area contributed by atoms with Crippen molar-refractivity contribution >= 4 is 33.2 Å². The minimum atomic E-state index is -0.228. The molecule has 0 atom stereocenters. The molecule has 1 aliphatic rings. The molecule has 3 heterocycles. The number of pyridine rings is 1. The van der Waals surface area contributed by atoms with E-state index in [0.29, 0.717) is 11.5 Å². The van der Waals surface area contributed by atoms with Gasteiger partial charge in [-0.3, -0.25) is 0 Å². The van der Waals surface area contributed by atoms with Crippen molar-refractivity contribution in [1.82, 2.24) is 9.55 Å². The number of aromatic nitrogens is 2. The summed E-state index contributed by atoms with van der Waals surface area (Å²) in [6.07, 6.45) is 6.09. The van der Waals surface area contributed by atoms with Crippen molar-refractivity contribution in [2.24, 2.45) is 0 Å². The minimum absolute atomic E-state index is 0. The molecule has 332 valence electrons. The molecular formula is C60H53N4OPt-3. The van der Waals surface area contributed by atoms with Gasteiger partial charge in [-0.15, -0.1) is 48.1 Å². The summed E-state index contributed by atoms with van der Waals surface area (Å²) < 4.78 is 8.83. The van der Waals surface area contributed by atoms with Crippen LogP contribution in [-0.4, -0.2) is 9.55 Å². The fourth-order valence-electron chi connectivity index (χ4n) is 8.98. The van der Waals surface area contributed by atoms with E-state index in [1.807, 2.05) is 24.4 Å². The molecular weight excluding hydrogens is 988 g/mol. The number of hydrogen-bond acceptors (Lipinski definition) is 4. The third kappa shape index (κ3) is 8.49. The van der Waals surface area contributed by atoms with E-state index in [2.05, 4.69) is 246 Å². The van der Waals surface area contributed by atoms with E-state index in [9.17, 15) is 0 Å². The molecule has 0 fully saturated rings. The van der Waals surface area contributed by atoms with Crippen molar-refractivity contribution in [2.75, 3.05) is 9.80 Å². The third-order valence-electron chi connectivity index (χ3n) is 13.1. The first-order chi connectivity index (χ1) is 31.3. The summed E-state index contributed by atoms with van der Waals surface area (Å²) in [7, 11) is 0. The van der Waals surface area contributed by atoms with Gasteiger partial charge in [0.1, 0.15) is 5.82 Å². The molecule has 0 saturated carbocycles. The van der Waals surface area contributed by atoms with E-state index in [-0.39, 0.29) is 37.3 Å². The Morgan fingerprint density at radius 3 is 1.77 bits per heavy atom. The average molecular weight is 1040 g/mol. The van der Waals surface area contributed by atoms with Gasteiger partial charge in [0.2, 0.25) is 0 Å². The first-order valence-corrected chi connectivity index (χ1v) is 22.4. The molecule has 0 radical (unpaired) electrons. The molecule has 7 aromatic carbocycles. The standard InChI is InChI=1S/C60H53N4O.Pt/c1-58(2,3)46-30-31-61-57(38-46)64-55-29-26-43(42-18-11-8-12-19-42)34-54(55)53-28-27-52(40-56(53)64)65-51-25-17-24-49(39-51)62-32-33-63(41-62)50-36-47(59(4,5)44-20-13-9-14-21-44)35-48(37-50)60(6,7)45-22-15-10-16-23-45;/h8-38,41H,1-7H3;/q-3;. The topological polar surface area (TPSA) is 33.5 Å². The summed E-state index contributed by atoms with van der Waals surface area (Å²) in [6, 6.07) is 67.5. The largest absolute Gasteiger partial charge is 0.509 e.